The molecule has 4 aliphatic carbocycles. The van der Waals surface area contributed by atoms with E-state index in [1.807, 2.05) is 0 Å². The highest BCUT2D eigenvalue weighted by Gasteiger charge is 2.55. The highest BCUT2D eigenvalue weighted by Crippen LogP contribution is 2.60. The molecule has 0 heterocycles. The van der Waals surface area contributed by atoms with E-state index < -0.39 is 0 Å². The van der Waals surface area contributed by atoms with E-state index in [0.29, 0.717) is 0 Å². The first-order valence-electron chi connectivity index (χ1n) is 6.74. The van der Waals surface area contributed by atoms with E-state index >= 15 is 0 Å². The largest absolute Gasteiger partial charge is 0.457 e. The van der Waals surface area contributed by atoms with Crippen LogP contribution >= 0.6 is 0 Å². The molecule has 0 amide bonds. The van der Waals surface area contributed by atoms with Crippen LogP contribution in [-0.2, 0) is 14.3 Å². The molecule has 0 atom stereocenters. The second-order valence-corrected chi connectivity index (χ2v) is 6.48. The molecule has 0 saturated heterocycles. The van der Waals surface area contributed by atoms with Crippen molar-refractivity contribution >= 4 is 11.8 Å². The molecule has 94 valence electrons. The van der Waals surface area contributed by atoms with E-state index in [4.69, 9.17) is 4.74 Å². The Labute approximate surface area is 102 Å². The normalized spacial score (nSPS) is 42.5. The van der Waals surface area contributed by atoms with Gasteiger partial charge in [-0.05, 0) is 63.2 Å². The number of ketones is 1. The number of rotatable bonds is 3. The van der Waals surface area contributed by atoms with Crippen molar-refractivity contribution < 1.29 is 14.3 Å². The predicted molar refractivity (Wildman–Crippen MR) is 62.2 cm³/mol. The lowest BCUT2D eigenvalue weighted by Gasteiger charge is -2.55. The van der Waals surface area contributed by atoms with Crippen molar-refractivity contribution in [1.82, 2.24) is 0 Å². The second kappa shape index (κ2) is 3.82. The van der Waals surface area contributed by atoms with Crippen molar-refractivity contribution in [2.75, 3.05) is 6.61 Å². The molecule has 0 aromatic rings. The fourth-order valence-electron chi connectivity index (χ4n) is 4.68. The van der Waals surface area contributed by atoms with Gasteiger partial charge in [-0.1, -0.05) is 0 Å². The van der Waals surface area contributed by atoms with Crippen LogP contribution in [-0.4, -0.2) is 18.4 Å². The highest BCUT2D eigenvalue weighted by molar-refractivity contribution is 5.83. The van der Waals surface area contributed by atoms with Crippen molar-refractivity contribution in [3.8, 4) is 0 Å². The van der Waals surface area contributed by atoms with Gasteiger partial charge in [0.15, 0.2) is 5.78 Å². The Morgan fingerprint density at radius 1 is 1.06 bits per heavy atom. The van der Waals surface area contributed by atoms with Gasteiger partial charge in [0.05, 0.1) is 5.41 Å². The van der Waals surface area contributed by atoms with Crippen LogP contribution < -0.4 is 0 Å². The summed E-state index contributed by atoms with van der Waals surface area (Å²) in [5.74, 6) is 2.07. The van der Waals surface area contributed by atoms with Crippen molar-refractivity contribution in [2.45, 2.75) is 45.4 Å². The quantitative estimate of drug-likeness (QED) is 0.706. The lowest BCUT2D eigenvalue weighted by Crippen LogP contribution is -2.50. The Balaban J connectivity index is 1.73. The molecule has 3 heteroatoms. The summed E-state index contributed by atoms with van der Waals surface area (Å²) < 4.78 is 5.20. The van der Waals surface area contributed by atoms with Crippen LogP contribution in [0.15, 0.2) is 0 Å². The van der Waals surface area contributed by atoms with Crippen LogP contribution in [0.1, 0.15) is 45.4 Å². The lowest BCUT2D eigenvalue weighted by molar-refractivity contribution is -0.172. The maximum Gasteiger partial charge on any atom is 0.312 e. The van der Waals surface area contributed by atoms with Crippen molar-refractivity contribution in [1.29, 1.82) is 0 Å². The molecule has 4 saturated carbocycles. The molecule has 4 aliphatic rings. The van der Waals surface area contributed by atoms with Crippen LogP contribution in [0.4, 0.5) is 0 Å². The fraction of sp³-hybridized carbons (Fsp3) is 0.857. The zero-order chi connectivity index (χ0) is 12.0. The van der Waals surface area contributed by atoms with E-state index in [1.165, 1.54) is 26.2 Å². The molecular formula is C14H20O3. The first kappa shape index (κ1) is 11.2. The maximum atomic E-state index is 12.2. The Kier molecular flexibility index (Phi) is 2.53. The van der Waals surface area contributed by atoms with Gasteiger partial charge in [-0.3, -0.25) is 9.59 Å². The minimum Gasteiger partial charge on any atom is -0.457 e. The third kappa shape index (κ3) is 1.90. The van der Waals surface area contributed by atoms with Gasteiger partial charge >= 0.3 is 5.97 Å². The van der Waals surface area contributed by atoms with Crippen LogP contribution in [0, 0.1) is 23.2 Å². The van der Waals surface area contributed by atoms with Gasteiger partial charge in [0.2, 0.25) is 0 Å². The monoisotopic (exact) mass is 236 g/mol. The van der Waals surface area contributed by atoms with Gasteiger partial charge in [-0.25, -0.2) is 0 Å². The number of hydrogen-bond acceptors (Lipinski definition) is 3. The van der Waals surface area contributed by atoms with Gasteiger partial charge in [0.25, 0.3) is 0 Å². The Morgan fingerprint density at radius 3 is 1.94 bits per heavy atom. The zero-order valence-corrected chi connectivity index (χ0v) is 10.4. The van der Waals surface area contributed by atoms with Crippen LogP contribution in [0.25, 0.3) is 0 Å². The molecular weight excluding hydrogens is 216 g/mol. The van der Waals surface area contributed by atoms with Crippen molar-refractivity contribution in [3.63, 3.8) is 0 Å². The number of carbonyl (C=O) groups is 2. The second-order valence-electron chi connectivity index (χ2n) is 6.48. The number of carbonyl (C=O) groups excluding carboxylic acids is 2. The first-order chi connectivity index (χ1) is 8.07. The molecule has 3 nitrogen and oxygen atoms in total. The summed E-state index contributed by atoms with van der Waals surface area (Å²) in [6.45, 7) is 1.42. The van der Waals surface area contributed by atoms with Gasteiger partial charge in [-0.15, -0.1) is 0 Å². The summed E-state index contributed by atoms with van der Waals surface area (Å²) in [4.78, 5) is 23.1. The van der Waals surface area contributed by atoms with E-state index in [0.717, 1.165) is 37.0 Å². The zero-order valence-electron chi connectivity index (χ0n) is 10.4. The highest BCUT2D eigenvalue weighted by atomic mass is 16.5. The summed E-state index contributed by atoms with van der Waals surface area (Å²) in [6.07, 6.45) is 6.99. The Bertz CT molecular complexity index is 323. The standard InChI is InChI=1S/C14H20O3/c1-9(15)8-17-13(16)14-5-10-2-11(6-14)4-12(3-10)7-14/h10-12H,2-8H2,1H3. The van der Waals surface area contributed by atoms with Gasteiger partial charge in [0.1, 0.15) is 6.61 Å². The minimum absolute atomic E-state index is 0.0411. The average Bonchev–Trinajstić information content (AvgIpc) is 2.23. The smallest absolute Gasteiger partial charge is 0.312 e. The maximum absolute atomic E-state index is 12.2. The van der Waals surface area contributed by atoms with Crippen molar-refractivity contribution in [2.24, 2.45) is 23.2 Å². The van der Waals surface area contributed by atoms with E-state index in [9.17, 15) is 9.59 Å². The number of Topliss-reactive ketones (excluding diaryl/α,β-unsaturated/α-hetero) is 1. The summed E-state index contributed by atoms with van der Waals surface area (Å²) in [5.41, 5.74) is -0.218. The van der Waals surface area contributed by atoms with Crippen LogP contribution in [0.3, 0.4) is 0 Å². The van der Waals surface area contributed by atoms with E-state index in [-0.39, 0.29) is 23.8 Å². The molecule has 4 rings (SSSR count). The molecule has 0 aliphatic heterocycles. The van der Waals surface area contributed by atoms with Gasteiger partial charge < -0.3 is 4.74 Å². The van der Waals surface area contributed by atoms with E-state index in [2.05, 4.69) is 0 Å². The Morgan fingerprint density at radius 2 is 1.53 bits per heavy atom. The molecule has 17 heavy (non-hydrogen) atoms. The molecule has 0 radical (unpaired) electrons. The molecule has 0 aromatic heterocycles. The van der Waals surface area contributed by atoms with Crippen molar-refractivity contribution in [3.05, 3.63) is 0 Å². The number of hydrogen-bond donors (Lipinski definition) is 0. The SMILES string of the molecule is CC(=O)COC(=O)C12CC3CC(CC(C3)C1)C2. The number of ether oxygens (including phenoxy) is 1. The third-order valence-electron chi connectivity index (χ3n) is 4.88. The summed E-state index contributed by atoms with van der Waals surface area (Å²) in [5, 5.41) is 0. The lowest BCUT2D eigenvalue weighted by atomic mass is 9.49. The van der Waals surface area contributed by atoms with E-state index in [1.54, 1.807) is 0 Å². The summed E-state index contributed by atoms with van der Waals surface area (Å²) in [6, 6.07) is 0. The van der Waals surface area contributed by atoms with Crippen LogP contribution in [0.5, 0.6) is 0 Å². The first-order valence-corrected chi connectivity index (χ1v) is 6.74. The van der Waals surface area contributed by atoms with Gasteiger partial charge in [-0.2, -0.15) is 0 Å². The molecule has 0 N–H and O–H groups in total. The number of esters is 1. The minimum atomic E-state index is -0.218. The molecule has 0 aromatic carbocycles. The summed E-state index contributed by atoms with van der Waals surface area (Å²) >= 11 is 0. The third-order valence-corrected chi connectivity index (χ3v) is 4.88. The molecule has 0 spiro atoms. The fourth-order valence-corrected chi connectivity index (χ4v) is 4.68. The summed E-state index contributed by atoms with van der Waals surface area (Å²) in [7, 11) is 0. The molecule has 0 unspecified atom stereocenters. The topological polar surface area (TPSA) is 43.4 Å². The average molecular weight is 236 g/mol. The molecule has 4 fully saturated rings. The predicted octanol–water partition coefficient (Wildman–Crippen LogP) is 2.33. The molecule has 4 bridgehead atoms. The Hall–Kier alpha value is -0.860. The van der Waals surface area contributed by atoms with Gasteiger partial charge in [0, 0.05) is 0 Å². The van der Waals surface area contributed by atoms with Crippen LogP contribution in [0.2, 0.25) is 0 Å².